The van der Waals surface area contributed by atoms with E-state index in [1.807, 2.05) is 13.1 Å². The molecule has 2 rings (SSSR count). The van der Waals surface area contributed by atoms with E-state index in [1.54, 1.807) is 0 Å². The normalized spacial score (nSPS) is 10.6. The van der Waals surface area contributed by atoms with Crippen molar-refractivity contribution in [2.45, 2.75) is 20.3 Å². The number of hydrogen-bond acceptors (Lipinski definition) is 3. The van der Waals surface area contributed by atoms with Gasteiger partial charge in [0, 0.05) is 17.1 Å². The van der Waals surface area contributed by atoms with Crippen molar-refractivity contribution < 1.29 is 0 Å². The summed E-state index contributed by atoms with van der Waals surface area (Å²) in [5, 5.41) is 3.10. The molecule has 19 heavy (non-hydrogen) atoms. The molecule has 0 aliphatic heterocycles. The third-order valence-corrected chi connectivity index (χ3v) is 4.61. The van der Waals surface area contributed by atoms with Gasteiger partial charge in [-0.25, -0.2) is 9.97 Å². The summed E-state index contributed by atoms with van der Waals surface area (Å²) in [5.74, 6) is 1.56. The molecule has 2 aromatic rings. The van der Waals surface area contributed by atoms with Crippen molar-refractivity contribution in [3.05, 3.63) is 38.4 Å². The number of aryl methyl sites for hydroxylation is 2. The molecule has 5 heteroatoms. The highest BCUT2D eigenvalue weighted by molar-refractivity contribution is 9.11. The van der Waals surface area contributed by atoms with E-state index in [4.69, 9.17) is 0 Å². The minimum atomic E-state index is 0.741. The molecule has 3 nitrogen and oxygen atoms in total. The minimum Gasteiger partial charge on any atom is -0.372 e. The summed E-state index contributed by atoms with van der Waals surface area (Å²) in [6, 6.07) is 6.16. The fourth-order valence-corrected chi connectivity index (χ4v) is 2.79. The molecule has 0 fully saturated rings. The molecule has 0 amide bonds. The lowest BCUT2D eigenvalue weighted by Gasteiger charge is -2.10. The van der Waals surface area contributed by atoms with Gasteiger partial charge in [-0.2, -0.15) is 0 Å². The van der Waals surface area contributed by atoms with Crippen molar-refractivity contribution in [2.24, 2.45) is 0 Å². The number of nitrogens with zero attached hydrogens (tertiary/aromatic N) is 2. The van der Waals surface area contributed by atoms with Crippen molar-refractivity contribution in [3.8, 4) is 11.4 Å². The van der Waals surface area contributed by atoms with Gasteiger partial charge < -0.3 is 5.32 Å². The van der Waals surface area contributed by atoms with Gasteiger partial charge in [0.1, 0.15) is 5.82 Å². The Kier molecular flexibility index (Phi) is 4.58. The topological polar surface area (TPSA) is 37.8 Å². The lowest BCUT2D eigenvalue weighted by Crippen LogP contribution is -2.02. The highest BCUT2D eigenvalue weighted by atomic mass is 79.9. The van der Waals surface area contributed by atoms with E-state index >= 15 is 0 Å². The van der Waals surface area contributed by atoms with E-state index in [-0.39, 0.29) is 0 Å². The van der Waals surface area contributed by atoms with E-state index in [0.29, 0.717) is 0 Å². The van der Waals surface area contributed by atoms with Gasteiger partial charge in [0.25, 0.3) is 0 Å². The number of nitrogens with one attached hydrogen (secondary N) is 1. The molecule has 0 radical (unpaired) electrons. The Morgan fingerprint density at radius 1 is 1.21 bits per heavy atom. The molecule has 0 aliphatic rings. The molecule has 0 unspecified atom stereocenters. The summed E-state index contributed by atoms with van der Waals surface area (Å²) in [5.41, 5.74) is 3.22. The minimum absolute atomic E-state index is 0.741. The van der Waals surface area contributed by atoms with Crippen molar-refractivity contribution >= 4 is 37.7 Å². The van der Waals surface area contributed by atoms with Crippen LogP contribution in [0.15, 0.2) is 27.1 Å². The average molecular weight is 385 g/mol. The Bertz CT molecular complexity index is 587. The Morgan fingerprint density at radius 3 is 2.53 bits per heavy atom. The maximum absolute atomic E-state index is 4.62. The largest absolute Gasteiger partial charge is 0.372 e. The Balaban J connectivity index is 2.58. The number of benzene rings is 1. The van der Waals surface area contributed by atoms with Crippen LogP contribution in [0.4, 0.5) is 5.82 Å². The summed E-state index contributed by atoms with van der Waals surface area (Å²) < 4.78 is 2.01. The van der Waals surface area contributed by atoms with Crippen LogP contribution in [-0.2, 0) is 6.42 Å². The maximum atomic E-state index is 4.62. The predicted molar refractivity (Wildman–Crippen MR) is 86.5 cm³/mol. The molecule has 0 atom stereocenters. The van der Waals surface area contributed by atoms with Gasteiger partial charge in [-0.1, -0.05) is 35.0 Å². The van der Waals surface area contributed by atoms with E-state index in [1.165, 1.54) is 5.56 Å². The second-order valence-electron chi connectivity index (χ2n) is 4.22. The van der Waals surface area contributed by atoms with Crippen LogP contribution in [0.1, 0.15) is 18.2 Å². The quantitative estimate of drug-likeness (QED) is 0.841. The molecule has 1 aromatic carbocycles. The third kappa shape index (κ3) is 2.98. The zero-order valence-electron chi connectivity index (χ0n) is 11.1. The van der Waals surface area contributed by atoms with Gasteiger partial charge in [0.05, 0.1) is 10.2 Å². The first-order chi connectivity index (χ1) is 9.06. The SMILES string of the molecule is CCc1nc(-c2ccc(C)c(Br)c2)nc(NC)c1Br. The van der Waals surface area contributed by atoms with E-state index in [0.717, 1.165) is 38.3 Å². The van der Waals surface area contributed by atoms with Gasteiger partial charge in [0.15, 0.2) is 5.82 Å². The van der Waals surface area contributed by atoms with E-state index in [2.05, 4.69) is 73.1 Å². The third-order valence-electron chi connectivity index (χ3n) is 2.92. The number of hydrogen-bond donors (Lipinski definition) is 1. The van der Waals surface area contributed by atoms with Gasteiger partial charge in [0.2, 0.25) is 0 Å². The molecule has 1 aromatic heterocycles. The van der Waals surface area contributed by atoms with Crippen molar-refractivity contribution in [2.75, 3.05) is 12.4 Å². The molecule has 0 saturated heterocycles. The number of rotatable bonds is 3. The summed E-state index contributed by atoms with van der Waals surface area (Å²) in [6.07, 6.45) is 0.859. The van der Waals surface area contributed by atoms with Crippen LogP contribution in [-0.4, -0.2) is 17.0 Å². The van der Waals surface area contributed by atoms with Crippen molar-refractivity contribution in [3.63, 3.8) is 0 Å². The first-order valence-corrected chi connectivity index (χ1v) is 7.66. The van der Waals surface area contributed by atoms with Gasteiger partial charge in [-0.15, -0.1) is 0 Å². The van der Waals surface area contributed by atoms with Crippen molar-refractivity contribution in [1.29, 1.82) is 0 Å². The maximum Gasteiger partial charge on any atom is 0.161 e. The first-order valence-electron chi connectivity index (χ1n) is 6.07. The van der Waals surface area contributed by atoms with Crippen LogP contribution in [0.25, 0.3) is 11.4 Å². The number of aromatic nitrogens is 2. The molecule has 0 saturated carbocycles. The fourth-order valence-electron chi connectivity index (χ4n) is 1.75. The van der Waals surface area contributed by atoms with Crippen LogP contribution in [0.5, 0.6) is 0 Å². The molecule has 0 bridgehead atoms. The zero-order valence-corrected chi connectivity index (χ0v) is 14.3. The second kappa shape index (κ2) is 6.01. The molecule has 0 aliphatic carbocycles. The smallest absolute Gasteiger partial charge is 0.161 e. The average Bonchev–Trinajstić information content (AvgIpc) is 2.42. The van der Waals surface area contributed by atoms with Crippen LogP contribution in [0, 0.1) is 6.92 Å². The molecular formula is C14H15Br2N3. The van der Waals surface area contributed by atoms with Crippen LogP contribution in [0.2, 0.25) is 0 Å². The summed E-state index contributed by atoms with van der Waals surface area (Å²) in [4.78, 5) is 9.17. The van der Waals surface area contributed by atoms with Gasteiger partial charge in [-0.05, 0) is 40.9 Å². The lowest BCUT2D eigenvalue weighted by atomic mass is 10.1. The summed E-state index contributed by atoms with van der Waals surface area (Å²) in [7, 11) is 1.86. The predicted octanol–water partition coefficient (Wildman–Crippen LogP) is 4.58. The standard InChI is InChI=1S/C14H15Br2N3/c1-4-11-12(16)14(17-3)19-13(18-11)9-6-5-8(2)10(15)7-9/h5-7H,4H2,1-3H3,(H,17,18,19). The summed E-state index contributed by atoms with van der Waals surface area (Å²) >= 11 is 7.09. The lowest BCUT2D eigenvalue weighted by molar-refractivity contribution is 0.991. The highest BCUT2D eigenvalue weighted by Gasteiger charge is 2.12. The zero-order chi connectivity index (χ0) is 14.0. The molecular weight excluding hydrogens is 370 g/mol. The Labute approximate surface area is 130 Å². The monoisotopic (exact) mass is 383 g/mol. The number of anilines is 1. The Hall–Kier alpha value is -0.940. The summed E-state index contributed by atoms with van der Waals surface area (Å²) in [6.45, 7) is 4.15. The Morgan fingerprint density at radius 2 is 1.95 bits per heavy atom. The van der Waals surface area contributed by atoms with Gasteiger partial charge in [-0.3, -0.25) is 0 Å². The second-order valence-corrected chi connectivity index (χ2v) is 5.87. The van der Waals surface area contributed by atoms with E-state index < -0.39 is 0 Å². The van der Waals surface area contributed by atoms with Crippen molar-refractivity contribution in [1.82, 2.24) is 9.97 Å². The highest BCUT2D eigenvalue weighted by Crippen LogP contribution is 2.29. The molecule has 1 heterocycles. The van der Waals surface area contributed by atoms with Crippen LogP contribution < -0.4 is 5.32 Å². The van der Waals surface area contributed by atoms with Crippen LogP contribution >= 0.6 is 31.9 Å². The molecule has 100 valence electrons. The van der Waals surface area contributed by atoms with E-state index in [9.17, 15) is 0 Å². The van der Waals surface area contributed by atoms with Gasteiger partial charge >= 0.3 is 0 Å². The fraction of sp³-hybridized carbons (Fsp3) is 0.286. The number of halogens is 2. The molecule has 1 N–H and O–H groups in total. The van der Waals surface area contributed by atoms with Crippen LogP contribution in [0.3, 0.4) is 0 Å². The molecule has 0 spiro atoms. The first kappa shape index (κ1) is 14.5.